The van der Waals surface area contributed by atoms with Crippen LogP contribution in [0.5, 0.6) is 17.4 Å². The van der Waals surface area contributed by atoms with Crippen LogP contribution in [0.15, 0.2) is 67.1 Å². The van der Waals surface area contributed by atoms with E-state index in [1.807, 2.05) is 12.1 Å². The molecule has 2 heterocycles. The molecule has 0 aliphatic carbocycles. The van der Waals surface area contributed by atoms with Gasteiger partial charge in [0.2, 0.25) is 5.88 Å². The van der Waals surface area contributed by atoms with Gasteiger partial charge in [-0.3, -0.25) is 4.79 Å². The van der Waals surface area contributed by atoms with E-state index in [1.54, 1.807) is 62.6 Å². The normalized spacial score (nSPS) is 11.7. The number of aliphatic hydroxyl groups excluding tert-OH is 1. The van der Waals surface area contributed by atoms with E-state index in [0.29, 0.717) is 44.8 Å². The first-order valence-electron chi connectivity index (χ1n) is 10.9. The first-order chi connectivity index (χ1) is 17.0. The van der Waals surface area contributed by atoms with Crippen LogP contribution in [-0.4, -0.2) is 57.2 Å². The average Bonchev–Trinajstić information content (AvgIpc) is 2.86. The first kappa shape index (κ1) is 24.2. The second-order valence-corrected chi connectivity index (χ2v) is 8.06. The molecule has 0 bridgehead atoms. The van der Waals surface area contributed by atoms with Crippen molar-refractivity contribution in [2.75, 3.05) is 25.5 Å². The molecule has 4 rings (SSSR count). The molecular formula is C25H24ClN5O4. The number of nitrogens with zero attached hydrogens (tertiary/aromatic N) is 4. The van der Waals surface area contributed by atoms with Crippen molar-refractivity contribution < 1.29 is 19.4 Å². The second-order valence-electron chi connectivity index (χ2n) is 7.66. The molecule has 2 N–H and O–H groups in total. The summed E-state index contributed by atoms with van der Waals surface area (Å²) in [5.41, 5.74) is 1.31. The van der Waals surface area contributed by atoms with Crippen LogP contribution in [0.1, 0.15) is 6.92 Å². The van der Waals surface area contributed by atoms with Gasteiger partial charge in [-0.25, -0.2) is 15.0 Å². The highest BCUT2D eigenvalue weighted by molar-refractivity contribution is 6.32. The number of anilines is 2. The van der Waals surface area contributed by atoms with E-state index >= 15 is 0 Å². The van der Waals surface area contributed by atoms with Gasteiger partial charge in [-0.2, -0.15) is 0 Å². The summed E-state index contributed by atoms with van der Waals surface area (Å²) in [5, 5.41) is 13.4. The summed E-state index contributed by atoms with van der Waals surface area (Å²) in [6.07, 6.45) is 2.30. The number of hydrogen-bond donors (Lipinski definition) is 2. The van der Waals surface area contributed by atoms with Gasteiger partial charge in [-0.1, -0.05) is 23.7 Å². The van der Waals surface area contributed by atoms with Gasteiger partial charge < -0.3 is 24.8 Å². The number of fused-ring (bicyclic) bond motifs is 1. The maximum atomic E-state index is 12.6. The Labute approximate surface area is 207 Å². The Morgan fingerprint density at radius 1 is 1.11 bits per heavy atom. The molecule has 1 atom stereocenters. The summed E-state index contributed by atoms with van der Waals surface area (Å²) in [4.78, 5) is 26.8. The van der Waals surface area contributed by atoms with Crippen LogP contribution in [0, 0.1) is 0 Å². The quantitative estimate of drug-likeness (QED) is 0.352. The van der Waals surface area contributed by atoms with Gasteiger partial charge in [0.05, 0.1) is 22.5 Å². The fourth-order valence-corrected chi connectivity index (χ4v) is 3.62. The third-order valence-electron chi connectivity index (χ3n) is 5.13. The van der Waals surface area contributed by atoms with Gasteiger partial charge in [0, 0.05) is 31.5 Å². The minimum absolute atomic E-state index is 0.126. The van der Waals surface area contributed by atoms with Gasteiger partial charge in [0.15, 0.2) is 6.10 Å². The summed E-state index contributed by atoms with van der Waals surface area (Å²) in [6.45, 7) is 1.75. The van der Waals surface area contributed by atoms with Crippen molar-refractivity contribution in [1.29, 1.82) is 0 Å². The summed E-state index contributed by atoms with van der Waals surface area (Å²) in [5.74, 6) is 1.59. The number of amides is 1. The van der Waals surface area contributed by atoms with E-state index in [1.165, 1.54) is 11.2 Å². The topological polar surface area (TPSA) is 110 Å². The summed E-state index contributed by atoms with van der Waals surface area (Å²) < 4.78 is 11.7. The molecule has 0 spiro atoms. The molecule has 10 heteroatoms. The van der Waals surface area contributed by atoms with E-state index < -0.39 is 6.10 Å². The van der Waals surface area contributed by atoms with Crippen molar-refractivity contribution >= 4 is 39.9 Å². The van der Waals surface area contributed by atoms with Gasteiger partial charge >= 0.3 is 0 Å². The zero-order valence-corrected chi connectivity index (χ0v) is 19.9. The largest absolute Gasteiger partial charge is 0.480 e. The number of pyridine rings is 1. The number of halogens is 1. The molecule has 180 valence electrons. The van der Waals surface area contributed by atoms with Crippen LogP contribution >= 0.6 is 11.6 Å². The van der Waals surface area contributed by atoms with Crippen molar-refractivity contribution in [2.24, 2.45) is 0 Å². The maximum Gasteiger partial charge on any atom is 0.263 e. The van der Waals surface area contributed by atoms with Crippen molar-refractivity contribution in [3.63, 3.8) is 0 Å². The van der Waals surface area contributed by atoms with E-state index in [-0.39, 0.29) is 19.1 Å². The van der Waals surface area contributed by atoms with Crippen LogP contribution < -0.4 is 14.8 Å². The lowest BCUT2D eigenvalue weighted by molar-refractivity contribution is -0.136. The number of nitrogens with one attached hydrogen (secondary N) is 1. The lowest BCUT2D eigenvalue weighted by Gasteiger charge is -2.22. The monoisotopic (exact) mass is 493 g/mol. The Kier molecular flexibility index (Phi) is 7.59. The number of carbonyl (C=O) groups is 1. The molecule has 0 fully saturated rings. The summed E-state index contributed by atoms with van der Waals surface area (Å²) >= 11 is 6.44. The van der Waals surface area contributed by atoms with Gasteiger partial charge in [0.25, 0.3) is 5.91 Å². The van der Waals surface area contributed by atoms with E-state index in [0.717, 1.165) is 0 Å². The highest BCUT2D eigenvalue weighted by Gasteiger charge is 2.21. The standard InChI is InChI=1S/C25H24ClN5O4/c1-16(25(33)31(2)12-13-32)34-21-7-5-6-19-23(21)24(29-15-28-19)30-17-9-10-20(18(26)14-17)35-22-8-3-4-11-27-22/h3-11,14-16,32H,12-13H2,1-2H3,(H,28,29,30)/t16-/m1/s1. The third-order valence-corrected chi connectivity index (χ3v) is 5.43. The molecule has 1 amide bonds. The average molecular weight is 494 g/mol. The third kappa shape index (κ3) is 5.76. The number of aliphatic hydroxyl groups is 1. The number of likely N-dealkylation sites (N-methyl/N-ethyl adjacent to an activating group) is 1. The summed E-state index contributed by atoms with van der Waals surface area (Å²) in [7, 11) is 1.61. The predicted molar refractivity (Wildman–Crippen MR) is 133 cm³/mol. The van der Waals surface area contributed by atoms with Gasteiger partial charge in [-0.05, 0) is 43.3 Å². The van der Waals surface area contributed by atoms with Crippen LogP contribution in [0.25, 0.3) is 10.9 Å². The van der Waals surface area contributed by atoms with Crippen molar-refractivity contribution in [1.82, 2.24) is 19.9 Å². The lowest BCUT2D eigenvalue weighted by Crippen LogP contribution is -2.39. The number of carbonyl (C=O) groups excluding carboxylic acids is 1. The van der Waals surface area contributed by atoms with Crippen molar-refractivity contribution in [2.45, 2.75) is 13.0 Å². The molecular weight excluding hydrogens is 470 g/mol. The number of ether oxygens (including phenoxy) is 2. The molecule has 0 saturated carbocycles. The minimum atomic E-state index is -0.775. The second kappa shape index (κ2) is 11.0. The molecule has 35 heavy (non-hydrogen) atoms. The van der Waals surface area contributed by atoms with Crippen molar-refractivity contribution in [3.8, 4) is 17.4 Å². The minimum Gasteiger partial charge on any atom is -0.480 e. The van der Waals surface area contributed by atoms with Crippen LogP contribution in [-0.2, 0) is 4.79 Å². The Morgan fingerprint density at radius 3 is 2.71 bits per heavy atom. The van der Waals surface area contributed by atoms with Gasteiger partial charge in [-0.15, -0.1) is 0 Å². The van der Waals surface area contributed by atoms with Crippen molar-refractivity contribution in [3.05, 3.63) is 72.1 Å². The van der Waals surface area contributed by atoms with Gasteiger partial charge in [0.1, 0.15) is 23.6 Å². The molecule has 0 saturated heterocycles. The number of rotatable bonds is 9. The fraction of sp³-hybridized carbons (Fsp3) is 0.200. The molecule has 2 aromatic heterocycles. The van der Waals surface area contributed by atoms with E-state index in [2.05, 4.69) is 20.3 Å². The zero-order valence-electron chi connectivity index (χ0n) is 19.2. The molecule has 4 aromatic rings. The Morgan fingerprint density at radius 2 is 1.97 bits per heavy atom. The predicted octanol–water partition coefficient (Wildman–Crippen LogP) is 4.43. The number of benzene rings is 2. The first-order valence-corrected chi connectivity index (χ1v) is 11.3. The molecule has 0 aliphatic rings. The molecule has 0 aliphatic heterocycles. The Bertz CT molecular complexity index is 1320. The van der Waals surface area contributed by atoms with Crippen LogP contribution in [0.3, 0.4) is 0 Å². The molecule has 2 aromatic carbocycles. The molecule has 0 unspecified atom stereocenters. The number of hydrogen-bond acceptors (Lipinski definition) is 8. The SMILES string of the molecule is C[C@@H](Oc1cccc2ncnc(Nc3ccc(Oc4ccccn4)c(Cl)c3)c12)C(=O)N(C)CCO. The Balaban J connectivity index is 1.59. The van der Waals surface area contributed by atoms with E-state index in [9.17, 15) is 4.79 Å². The molecule has 9 nitrogen and oxygen atoms in total. The van der Waals surface area contributed by atoms with Crippen LogP contribution in [0.2, 0.25) is 5.02 Å². The summed E-state index contributed by atoms with van der Waals surface area (Å²) in [6, 6.07) is 16.0. The van der Waals surface area contributed by atoms with Crippen LogP contribution in [0.4, 0.5) is 11.5 Å². The highest BCUT2D eigenvalue weighted by atomic mass is 35.5. The fourth-order valence-electron chi connectivity index (χ4n) is 3.40. The van der Waals surface area contributed by atoms with E-state index in [4.69, 9.17) is 26.2 Å². The molecule has 0 radical (unpaired) electrons. The Hall–Kier alpha value is -3.95. The highest BCUT2D eigenvalue weighted by Crippen LogP contribution is 2.35. The maximum absolute atomic E-state index is 12.6. The zero-order chi connectivity index (χ0) is 24.8. The number of aromatic nitrogens is 3. The smallest absolute Gasteiger partial charge is 0.263 e. The lowest BCUT2D eigenvalue weighted by atomic mass is 10.2.